The second-order valence-corrected chi connectivity index (χ2v) is 6.57. The molecule has 1 aliphatic carbocycles. The molecule has 2 amide bonds. The summed E-state index contributed by atoms with van der Waals surface area (Å²) < 4.78 is 0. The van der Waals surface area contributed by atoms with E-state index in [0.717, 1.165) is 25.7 Å². The minimum Gasteiger partial charge on any atom is -0.383 e. The summed E-state index contributed by atoms with van der Waals surface area (Å²) in [4.78, 5) is 25.5. The van der Waals surface area contributed by atoms with Crippen LogP contribution in [-0.2, 0) is 9.59 Å². The van der Waals surface area contributed by atoms with Crippen molar-refractivity contribution in [3.8, 4) is 0 Å². The first-order valence-corrected chi connectivity index (χ1v) is 7.87. The van der Waals surface area contributed by atoms with Crippen LogP contribution in [0.3, 0.4) is 0 Å². The highest BCUT2D eigenvalue weighted by Crippen LogP contribution is 2.29. The highest BCUT2D eigenvalue weighted by atomic mass is 16.3. The predicted molar refractivity (Wildman–Crippen MR) is 80.5 cm³/mol. The Labute approximate surface area is 126 Å². The molecule has 0 unspecified atom stereocenters. The molecule has 1 atom stereocenters. The van der Waals surface area contributed by atoms with Crippen LogP contribution in [0, 0.1) is 5.92 Å². The van der Waals surface area contributed by atoms with Crippen LogP contribution >= 0.6 is 0 Å². The van der Waals surface area contributed by atoms with E-state index in [1.807, 2.05) is 6.92 Å². The number of nitrogens with one attached hydrogen (secondary N) is 1. The molecule has 21 heavy (non-hydrogen) atoms. The van der Waals surface area contributed by atoms with Gasteiger partial charge in [0.2, 0.25) is 11.8 Å². The van der Waals surface area contributed by atoms with E-state index in [1.165, 1.54) is 6.08 Å². The fraction of sp³-hybridized carbons (Fsp3) is 0.750. The first-order valence-electron chi connectivity index (χ1n) is 7.87. The van der Waals surface area contributed by atoms with E-state index < -0.39 is 6.10 Å². The molecule has 2 fully saturated rings. The Morgan fingerprint density at radius 3 is 2.43 bits per heavy atom. The zero-order chi connectivity index (χ0) is 15.5. The van der Waals surface area contributed by atoms with Crippen molar-refractivity contribution < 1.29 is 14.7 Å². The summed E-state index contributed by atoms with van der Waals surface area (Å²) in [5, 5.41) is 13.1. The molecule has 118 valence electrons. The van der Waals surface area contributed by atoms with E-state index in [0.29, 0.717) is 25.9 Å². The van der Waals surface area contributed by atoms with Gasteiger partial charge in [0.25, 0.3) is 0 Å². The summed E-state index contributed by atoms with van der Waals surface area (Å²) in [6, 6.07) is 0. The van der Waals surface area contributed by atoms with Crippen molar-refractivity contribution in [1.29, 1.82) is 0 Å². The maximum absolute atomic E-state index is 12.2. The smallest absolute Gasteiger partial charge is 0.249 e. The monoisotopic (exact) mass is 294 g/mol. The van der Waals surface area contributed by atoms with Crippen molar-refractivity contribution >= 4 is 11.8 Å². The summed E-state index contributed by atoms with van der Waals surface area (Å²) >= 11 is 0. The molecule has 2 N–H and O–H groups in total. The number of hydrogen-bond donors (Lipinski definition) is 2. The normalized spacial score (nSPS) is 23.6. The Hall–Kier alpha value is -1.36. The molecule has 0 bridgehead atoms. The standard InChI is InChI=1S/C16H26N2O3/c1-3-13(19)18-10-8-16(2,9-11-18)17-15(21)14(20)12-6-4-5-7-12/h3,12,14,20H,1,4-11H2,2H3,(H,17,21)/t14-/m0/s1. The Morgan fingerprint density at radius 2 is 1.90 bits per heavy atom. The van der Waals surface area contributed by atoms with Crippen molar-refractivity contribution in [3.05, 3.63) is 12.7 Å². The maximum Gasteiger partial charge on any atom is 0.249 e. The largest absolute Gasteiger partial charge is 0.383 e. The molecule has 1 saturated heterocycles. The number of likely N-dealkylation sites (tertiary alicyclic amines) is 1. The maximum atomic E-state index is 12.2. The van der Waals surface area contributed by atoms with Gasteiger partial charge in [-0.3, -0.25) is 9.59 Å². The van der Waals surface area contributed by atoms with Gasteiger partial charge in [0.15, 0.2) is 0 Å². The van der Waals surface area contributed by atoms with Crippen molar-refractivity contribution in [3.63, 3.8) is 0 Å². The van der Waals surface area contributed by atoms with Crippen LogP contribution < -0.4 is 5.32 Å². The number of hydrogen-bond acceptors (Lipinski definition) is 3. The number of nitrogens with zero attached hydrogens (tertiary/aromatic N) is 1. The molecule has 0 aromatic carbocycles. The zero-order valence-electron chi connectivity index (χ0n) is 12.8. The lowest BCUT2D eigenvalue weighted by Crippen LogP contribution is -2.56. The van der Waals surface area contributed by atoms with Crippen molar-refractivity contribution in [2.45, 2.75) is 57.1 Å². The van der Waals surface area contributed by atoms with Gasteiger partial charge in [0.1, 0.15) is 6.10 Å². The van der Waals surface area contributed by atoms with Crippen molar-refractivity contribution in [2.24, 2.45) is 5.92 Å². The minimum atomic E-state index is -0.892. The molecular formula is C16H26N2O3. The van der Waals surface area contributed by atoms with E-state index in [2.05, 4.69) is 11.9 Å². The number of amides is 2. The van der Waals surface area contributed by atoms with Crippen LogP contribution in [0.5, 0.6) is 0 Å². The lowest BCUT2D eigenvalue weighted by atomic mass is 9.88. The molecule has 5 nitrogen and oxygen atoms in total. The first kappa shape index (κ1) is 16.0. The summed E-state index contributed by atoms with van der Waals surface area (Å²) in [6.07, 6.45) is 5.92. The van der Waals surface area contributed by atoms with E-state index >= 15 is 0 Å². The number of aliphatic hydroxyl groups is 1. The number of carbonyl (C=O) groups is 2. The molecule has 2 rings (SSSR count). The van der Waals surface area contributed by atoms with Crippen LogP contribution in [0.4, 0.5) is 0 Å². The summed E-state index contributed by atoms with van der Waals surface area (Å²) in [6.45, 7) is 6.71. The van der Waals surface area contributed by atoms with Gasteiger partial charge in [0, 0.05) is 18.6 Å². The molecule has 0 spiro atoms. The Bertz CT molecular complexity index is 408. The van der Waals surface area contributed by atoms with Gasteiger partial charge in [-0.05, 0) is 44.6 Å². The molecule has 1 aliphatic heterocycles. The fourth-order valence-corrected chi connectivity index (χ4v) is 3.33. The predicted octanol–water partition coefficient (Wildman–Crippen LogP) is 1.22. The lowest BCUT2D eigenvalue weighted by Gasteiger charge is -2.40. The Balaban J connectivity index is 1.86. The molecule has 2 aliphatic rings. The van der Waals surface area contributed by atoms with E-state index in [9.17, 15) is 14.7 Å². The molecule has 1 heterocycles. The van der Waals surface area contributed by atoms with Crippen molar-refractivity contribution in [1.82, 2.24) is 10.2 Å². The van der Waals surface area contributed by atoms with Crippen LogP contribution in [0.15, 0.2) is 12.7 Å². The molecule has 0 radical (unpaired) electrons. The SMILES string of the molecule is C=CC(=O)N1CCC(C)(NC(=O)[C@@H](O)C2CCCC2)CC1. The average molecular weight is 294 g/mol. The van der Waals surface area contributed by atoms with E-state index in [-0.39, 0.29) is 23.3 Å². The Kier molecular flexibility index (Phi) is 5.04. The molecule has 1 saturated carbocycles. The van der Waals surface area contributed by atoms with E-state index in [4.69, 9.17) is 0 Å². The van der Waals surface area contributed by atoms with Gasteiger partial charge in [-0.25, -0.2) is 0 Å². The topological polar surface area (TPSA) is 69.6 Å². The van der Waals surface area contributed by atoms with Crippen LogP contribution in [0.1, 0.15) is 45.4 Å². The van der Waals surface area contributed by atoms with Gasteiger partial charge in [0.05, 0.1) is 0 Å². The Morgan fingerprint density at radius 1 is 1.33 bits per heavy atom. The third kappa shape index (κ3) is 3.84. The van der Waals surface area contributed by atoms with Crippen LogP contribution in [0.2, 0.25) is 0 Å². The van der Waals surface area contributed by atoms with Crippen molar-refractivity contribution in [2.75, 3.05) is 13.1 Å². The van der Waals surface area contributed by atoms with Crippen LogP contribution in [-0.4, -0.2) is 46.6 Å². The minimum absolute atomic E-state index is 0.0608. The summed E-state index contributed by atoms with van der Waals surface area (Å²) in [5.41, 5.74) is -0.339. The van der Waals surface area contributed by atoms with Gasteiger partial charge in [-0.15, -0.1) is 0 Å². The van der Waals surface area contributed by atoms with Gasteiger partial charge < -0.3 is 15.3 Å². The average Bonchev–Trinajstić information content (AvgIpc) is 3.00. The number of piperidine rings is 1. The summed E-state index contributed by atoms with van der Waals surface area (Å²) in [7, 11) is 0. The number of aliphatic hydroxyl groups excluding tert-OH is 1. The molecule has 0 aromatic heterocycles. The molecular weight excluding hydrogens is 268 g/mol. The molecule has 5 heteroatoms. The highest BCUT2D eigenvalue weighted by Gasteiger charge is 2.36. The fourth-order valence-electron chi connectivity index (χ4n) is 3.33. The quantitative estimate of drug-likeness (QED) is 0.766. The third-order valence-electron chi connectivity index (χ3n) is 4.89. The number of rotatable bonds is 4. The highest BCUT2D eigenvalue weighted by molar-refractivity contribution is 5.87. The number of carbonyl (C=O) groups excluding carboxylic acids is 2. The van der Waals surface area contributed by atoms with Gasteiger partial charge in [-0.2, -0.15) is 0 Å². The molecule has 0 aromatic rings. The van der Waals surface area contributed by atoms with Crippen LogP contribution in [0.25, 0.3) is 0 Å². The second kappa shape index (κ2) is 6.60. The van der Waals surface area contributed by atoms with Gasteiger partial charge in [-0.1, -0.05) is 19.4 Å². The lowest BCUT2D eigenvalue weighted by molar-refractivity contribution is -0.135. The van der Waals surface area contributed by atoms with Gasteiger partial charge >= 0.3 is 0 Å². The third-order valence-corrected chi connectivity index (χ3v) is 4.89. The van der Waals surface area contributed by atoms with E-state index in [1.54, 1.807) is 4.90 Å². The second-order valence-electron chi connectivity index (χ2n) is 6.57. The summed E-state index contributed by atoms with van der Waals surface area (Å²) in [5.74, 6) is -0.210. The first-order chi connectivity index (χ1) is 9.95. The zero-order valence-corrected chi connectivity index (χ0v) is 12.8.